The lowest BCUT2D eigenvalue weighted by Gasteiger charge is -2.15. The topological polar surface area (TPSA) is 102 Å². The molecule has 1 amide bonds. The molecule has 2 N–H and O–H groups in total. The summed E-state index contributed by atoms with van der Waals surface area (Å²) in [5.41, 5.74) is 5.99. The second kappa shape index (κ2) is 4.69. The normalized spacial score (nSPS) is 19.3. The number of aromatic nitrogens is 1. The van der Waals surface area contributed by atoms with Crippen LogP contribution in [0.4, 0.5) is 11.5 Å². The van der Waals surface area contributed by atoms with Gasteiger partial charge in [0.1, 0.15) is 12.0 Å². The Labute approximate surface area is 104 Å². The molecule has 2 heterocycles. The number of aryl methyl sites for hydroxylation is 1. The summed E-state index contributed by atoms with van der Waals surface area (Å²) >= 11 is 0. The fourth-order valence-corrected chi connectivity index (χ4v) is 2.03. The number of carbonyl (C=O) groups is 1. The van der Waals surface area contributed by atoms with Gasteiger partial charge in [0.05, 0.1) is 4.92 Å². The van der Waals surface area contributed by atoms with Crippen molar-refractivity contribution in [2.45, 2.75) is 13.3 Å². The van der Waals surface area contributed by atoms with Crippen molar-refractivity contribution in [2.75, 3.05) is 18.0 Å². The summed E-state index contributed by atoms with van der Waals surface area (Å²) < 4.78 is 0. The molecule has 7 nitrogen and oxygen atoms in total. The second-order valence-electron chi connectivity index (χ2n) is 4.40. The Morgan fingerprint density at radius 2 is 2.39 bits per heavy atom. The van der Waals surface area contributed by atoms with Crippen molar-refractivity contribution < 1.29 is 9.72 Å². The second-order valence-corrected chi connectivity index (χ2v) is 4.40. The molecule has 1 fully saturated rings. The van der Waals surface area contributed by atoms with E-state index in [-0.39, 0.29) is 17.5 Å². The monoisotopic (exact) mass is 250 g/mol. The van der Waals surface area contributed by atoms with Gasteiger partial charge in [0.25, 0.3) is 5.69 Å². The standard InChI is InChI=1S/C11H14N4O3/c1-7-2-10(13-5-9(7)15(17)18)14-6-8(4-12)3-11(14)16/h2,5,8H,3-4,6,12H2,1H3. The molecule has 1 aliphatic rings. The molecule has 96 valence electrons. The number of anilines is 1. The highest BCUT2D eigenvalue weighted by Crippen LogP contribution is 2.26. The van der Waals surface area contributed by atoms with E-state index in [0.29, 0.717) is 30.9 Å². The molecular formula is C11H14N4O3. The highest BCUT2D eigenvalue weighted by Gasteiger charge is 2.31. The van der Waals surface area contributed by atoms with E-state index >= 15 is 0 Å². The smallest absolute Gasteiger partial charge is 0.290 e. The summed E-state index contributed by atoms with van der Waals surface area (Å²) in [6, 6.07) is 1.56. The van der Waals surface area contributed by atoms with E-state index in [0.717, 1.165) is 0 Å². The largest absolute Gasteiger partial charge is 0.330 e. The number of hydrogen-bond donors (Lipinski definition) is 1. The molecule has 18 heavy (non-hydrogen) atoms. The van der Waals surface area contributed by atoms with Gasteiger partial charge in [-0.05, 0) is 25.5 Å². The molecule has 0 spiro atoms. The van der Waals surface area contributed by atoms with Crippen LogP contribution in [0.15, 0.2) is 12.3 Å². The first-order chi connectivity index (χ1) is 8.52. The molecule has 1 atom stereocenters. The molecule has 1 unspecified atom stereocenters. The number of hydrogen-bond acceptors (Lipinski definition) is 5. The van der Waals surface area contributed by atoms with Crippen molar-refractivity contribution >= 4 is 17.4 Å². The predicted octanol–water partition coefficient (Wildman–Crippen LogP) is 0.610. The molecule has 0 aliphatic carbocycles. The van der Waals surface area contributed by atoms with Crippen LogP contribution in [-0.4, -0.2) is 28.9 Å². The molecule has 1 aromatic rings. The van der Waals surface area contributed by atoms with Crippen molar-refractivity contribution in [1.29, 1.82) is 0 Å². The lowest BCUT2D eigenvalue weighted by atomic mass is 10.1. The van der Waals surface area contributed by atoms with Crippen LogP contribution in [0.1, 0.15) is 12.0 Å². The van der Waals surface area contributed by atoms with E-state index in [1.165, 1.54) is 11.1 Å². The summed E-state index contributed by atoms with van der Waals surface area (Å²) in [4.78, 5) is 27.5. The highest BCUT2D eigenvalue weighted by molar-refractivity contribution is 5.95. The predicted molar refractivity (Wildman–Crippen MR) is 65.1 cm³/mol. The average molecular weight is 250 g/mol. The molecule has 7 heteroatoms. The highest BCUT2D eigenvalue weighted by atomic mass is 16.6. The molecule has 0 radical (unpaired) electrons. The van der Waals surface area contributed by atoms with E-state index < -0.39 is 4.92 Å². The number of nitrogens with two attached hydrogens (primary N) is 1. The molecule has 1 saturated heterocycles. The van der Waals surface area contributed by atoms with Crippen LogP contribution in [-0.2, 0) is 4.79 Å². The lowest BCUT2D eigenvalue weighted by molar-refractivity contribution is -0.385. The van der Waals surface area contributed by atoms with Crippen LogP contribution < -0.4 is 10.6 Å². The van der Waals surface area contributed by atoms with E-state index in [1.54, 1.807) is 13.0 Å². The van der Waals surface area contributed by atoms with E-state index in [4.69, 9.17) is 5.73 Å². The van der Waals surface area contributed by atoms with Gasteiger partial charge in [-0.1, -0.05) is 0 Å². The van der Waals surface area contributed by atoms with Gasteiger partial charge in [-0.15, -0.1) is 0 Å². The van der Waals surface area contributed by atoms with Crippen molar-refractivity contribution in [2.24, 2.45) is 11.7 Å². The minimum absolute atomic E-state index is 0.0359. The Morgan fingerprint density at radius 1 is 1.67 bits per heavy atom. The van der Waals surface area contributed by atoms with Crippen molar-refractivity contribution in [3.05, 3.63) is 27.9 Å². The van der Waals surface area contributed by atoms with Gasteiger partial charge >= 0.3 is 0 Å². The van der Waals surface area contributed by atoms with Crippen LogP contribution in [0.5, 0.6) is 0 Å². The van der Waals surface area contributed by atoms with Gasteiger partial charge in [-0.2, -0.15) is 0 Å². The third-order valence-corrected chi connectivity index (χ3v) is 3.08. The number of rotatable bonds is 3. The zero-order valence-electron chi connectivity index (χ0n) is 10.00. The number of pyridine rings is 1. The molecule has 1 aromatic heterocycles. The first-order valence-corrected chi connectivity index (χ1v) is 5.64. The maximum absolute atomic E-state index is 11.8. The minimum atomic E-state index is -0.486. The van der Waals surface area contributed by atoms with Gasteiger partial charge in [0.15, 0.2) is 0 Å². The number of nitro groups is 1. The fourth-order valence-electron chi connectivity index (χ4n) is 2.03. The van der Waals surface area contributed by atoms with Crippen molar-refractivity contribution in [1.82, 2.24) is 4.98 Å². The molecule has 2 rings (SSSR count). The summed E-state index contributed by atoms with van der Waals surface area (Å²) in [5, 5.41) is 10.7. The summed E-state index contributed by atoms with van der Waals surface area (Å²) in [5.74, 6) is 0.556. The number of amides is 1. The van der Waals surface area contributed by atoms with Crippen molar-refractivity contribution in [3.63, 3.8) is 0 Å². The van der Waals surface area contributed by atoms with Crippen LogP contribution in [0, 0.1) is 23.0 Å². The van der Waals surface area contributed by atoms with E-state index in [1.807, 2.05) is 0 Å². The lowest BCUT2D eigenvalue weighted by Crippen LogP contribution is -2.26. The zero-order chi connectivity index (χ0) is 13.3. The Kier molecular flexibility index (Phi) is 3.24. The maximum atomic E-state index is 11.8. The number of carbonyl (C=O) groups excluding carboxylic acids is 1. The Morgan fingerprint density at radius 3 is 2.89 bits per heavy atom. The summed E-state index contributed by atoms with van der Waals surface area (Å²) in [7, 11) is 0. The van der Waals surface area contributed by atoms with Gasteiger partial charge in [-0.3, -0.25) is 19.8 Å². The average Bonchev–Trinajstić information content (AvgIpc) is 2.70. The molecule has 0 bridgehead atoms. The summed E-state index contributed by atoms with van der Waals surface area (Å²) in [6.07, 6.45) is 1.60. The molecule has 0 aromatic carbocycles. The first kappa shape index (κ1) is 12.4. The van der Waals surface area contributed by atoms with Gasteiger partial charge in [0, 0.05) is 18.5 Å². The maximum Gasteiger partial charge on any atom is 0.290 e. The van der Waals surface area contributed by atoms with Crippen LogP contribution in [0.2, 0.25) is 0 Å². The van der Waals surface area contributed by atoms with Crippen LogP contribution in [0.3, 0.4) is 0 Å². The van der Waals surface area contributed by atoms with Crippen LogP contribution in [0.25, 0.3) is 0 Å². The Balaban J connectivity index is 2.27. The SMILES string of the molecule is Cc1cc(N2CC(CN)CC2=O)ncc1[N+](=O)[O-]. The van der Waals surface area contributed by atoms with Gasteiger partial charge in [0.2, 0.25) is 5.91 Å². The zero-order valence-corrected chi connectivity index (χ0v) is 10.00. The van der Waals surface area contributed by atoms with Crippen LogP contribution >= 0.6 is 0 Å². The Bertz CT molecular complexity index is 503. The third kappa shape index (κ3) is 2.17. The van der Waals surface area contributed by atoms with E-state index in [2.05, 4.69) is 4.98 Å². The molecular weight excluding hydrogens is 236 g/mol. The first-order valence-electron chi connectivity index (χ1n) is 5.64. The molecule has 0 saturated carbocycles. The Hall–Kier alpha value is -2.02. The molecule has 1 aliphatic heterocycles. The van der Waals surface area contributed by atoms with E-state index in [9.17, 15) is 14.9 Å². The van der Waals surface area contributed by atoms with Crippen molar-refractivity contribution in [3.8, 4) is 0 Å². The quantitative estimate of drug-likeness (QED) is 0.625. The van der Waals surface area contributed by atoms with Gasteiger partial charge < -0.3 is 5.73 Å². The number of nitrogens with zero attached hydrogens (tertiary/aromatic N) is 3. The summed E-state index contributed by atoms with van der Waals surface area (Å²) in [6.45, 7) is 2.61. The third-order valence-electron chi connectivity index (χ3n) is 3.08. The van der Waals surface area contributed by atoms with Gasteiger partial charge in [-0.25, -0.2) is 4.98 Å². The minimum Gasteiger partial charge on any atom is -0.330 e. The fraction of sp³-hybridized carbons (Fsp3) is 0.455.